The Labute approximate surface area is 120 Å². The third-order valence-corrected chi connectivity index (χ3v) is 3.75. The maximum absolute atomic E-state index is 11.8. The van der Waals surface area contributed by atoms with Crippen molar-refractivity contribution in [1.82, 2.24) is 10.3 Å². The van der Waals surface area contributed by atoms with Crippen LogP contribution in [0.1, 0.15) is 16.6 Å². The van der Waals surface area contributed by atoms with Crippen LogP contribution in [0.5, 0.6) is 0 Å². The van der Waals surface area contributed by atoms with E-state index in [-0.39, 0.29) is 12.5 Å². The van der Waals surface area contributed by atoms with Crippen molar-refractivity contribution in [2.45, 2.75) is 13.0 Å². The van der Waals surface area contributed by atoms with Gasteiger partial charge in [-0.25, -0.2) is 4.98 Å². The second-order valence-electron chi connectivity index (χ2n) is 4.07. The molecule has 1 aromatic heterocycles. The Morgan fingerprint density at radius 3 is 2.95 bits per heavy atom. The lowest BCUT2D eigenvalue weighted by Crippen LogP contribution is -2.29. The lowest BCUT2D eigenvalue weighted by atomic mass is 10.2. The van der Waals surface area contributed by atoms with Crippen LogP contribution < -0.4 is 5.32 Å². The fourth-order valence-corrected chi connectivity index (χ4v) is 2.62. The highest BCUT2D eigenvalue weighted by molar-refractivity contribution is 7.17. The monoisotopic (exact) mass is 296 g/mol. The van der Waals surface area contributed by atoms with Crippen molar-refractivity contribution in [3.05, 3.63) is 40.4 Å². The normalized spacial score (nSPS) is 12.2. The van der Waals surface area contributed by atoms with Crippen LogP contribution in [0.2, 0.25) is 5.02 Å². The number of thiazole rings is 1. The molecule has 1 unspecified atom stereocenters. The molecule has 0 aliphatic rings. The molecule has 4 nitrogen and oxygen atoms in total. The SMILES string of the molecule is CC(O)CNC(=O)c1cnc(-c2ccccc2Cl)s1. The molecule has 2 N–H and O–H groups in total. The molecule has 1 heterocycles. The van der Waals surface area contributed by atoms with Gasteiger partial charge < -0.3 is 10.4 Å². The summed E-state index contributed by atoms with van der Waals surface area (Å²) in [6.07, 6.45) is 0.945. The molecule has 0 aliphatic carbocycles. The molecule has 0 bridgehead atoms. The molecule has 0 fully saturated rings. The topological polar surface area (TPSA) is 62.2 Å². The number of aromatic nitrogens is 1. The lowest BCUT2D eigenvalue weighted by molar-refractivity contribution is 0.0928. The third-order valence-electron chi connectivity index (χ3n) is 2.39. The predicted octanol–water partition coefficient (Wildman–Crippen LogP) is 2.57. The fourth-order valence-electron chi connectivity index (χ4n) is 1.47. The summed E-state index contributed by atoms with van der Waals surface area (Å²) in [5, 5.41) is 13.1. The van der Waals surface area contributed by atoms with E-state index in [0.717, 1.165) is 5.56 Å². The Balaban J connectivity index is 2.15. The van der Waals surface area contributed by atoms with E-state index in [2.05, 4.69) is 10.3 Å². The van der Waals surface area contributed by atoms with Crippen molar-refractivity contribution < 1.29 is 9.90 Å². The van der Waals surface area contributed by atoms with Gasteiger partial charge >= 0.3 is 0 Å². The Morgan fingerprint density at radius 1 is 1.53 bits per heavy atom. The molecule has 19 heavy (non-hydrogen) atoms. The van der Waals surface area contributed by atoms with Gasteiger partial charge in [0, 0.05) is 12.1 Å². The summed E-state index contributed by atoms with van der Waals surface area (Å²) in [7, 11) is 0. The number of nitrogens with zero attached hydrogens (tertiary/aromatic N) is 1. The summed E-state index contributed by atoms with van der Waals surface area (Å²) in [6, 6.07) is 7.36. The number of rotatable bonds is 4. The van der Waals surface area contributed by atoms with Crippen LogP contribution in [0.4, 0.5) is 0 Å². The molecule has 2 aromatic rings. The van der Waals surface area contributed by atoms with Gasteiger partial charge in [0.05, 0.1) is 17.3 Å². The quantitative estimate of drug-likeness (QED) is 0.911. The summed E-state index contributed by atoms with van der Waals surface area (Å²) >= 11 is 7.35. The maximum Gasteiger partial charge on any atom is 0.263 e. The Bertz CT molecular complexity index is 584. The van der Waals surface area contributed by atoms with Crippen LogP contribution in [0, 0.1) is 0 Å². The average molecular weight is 297 g/mol. The van der Waals surface area contributed by atoms with Crippen LogP contribution in [0.15, 0.2) is 30.5 Å². The zero-order chi connectivity index (χ0) is 13.8. The number of amides is 1. The number of nitrogens with one attached hydrogen (secondary N) is 1. The van der Waals surface area contributed by atoms with Crippen LogP contribution in [-0.2, 0) is 0 Å². The molecule has 0 spiro atoms. The minimum Gasteiger partial charge on any atom is -0.392 e. The highest BCUT2D eigenvalue weighted by Gasteiger charge is 2.13. The summed E-state index contributed by atoms with van der Waals surface area (Å²) in [5.41, 5.74) is 0.809. The Morgan fingerprint density at radius 2 is 2.26 bits per heavy atom. The van der Waals surface area contributed by atoms with Gasteiger partial charge in [-0.15, -0.1) is 11.3 Å². The average Bonchev–Trinajstić information content (AvgIpc) is 2.86. The minimum absolute atomic E-state index is 0.220. The van der Waals surface area contributed by atoms with E-state index < -0.39 is 6.10 Å². The van der Waals surface area contributed by atoms with Gasteiger partial charge in [-0.3, -0.25) is 4.79 Å². The fraction of sp³-hybridized carbons (Fsp3) is 0.231. The Hall–Kier alpha value is -1.43. The number of carbonyl (C=O) groups is 1. The molecule has 1 amide bonds. The highest BCUT2D eigenvalue weighted by Crippen LogP contribution is 2.30. The van der Waals surface area contributed by atoms with E-state index in [4.69, 9.17) is 16.7 Å². The molecule has 0 aliphatic heterocycles. The number of carbonyl (C=O) groups excluding carboxylic acids is 1. The summed E-state index contributed by atoms with van der Waals surface area (Å²) < 4.78 is 0. The molecule has 0 radical (unpaired) electrons. The number of hydrogen-bond donors (Lipinski definition) is 2. The van der Waals surface area contributed by atoms with Crippen LogP contribution in [0.25, 0.3) is 10.6 Å². The standard InChI is InChI=1S/C13H13ClN2O2S/c1-8(17)6-15-12(18)11-7-16-13(19-11)9-4-2-3-5-10(9)14/h2-5,7-8,17H,6H2,1H3,(H,15,18). The Kier molecular flexibility index (Phi) is 4.52. The first-order valence-corrected chi connectivity index (χ1v) is 6.94. The molecular weight excluding hydrogens is 284 g/mol. The first-order chi connectivity index (χ1) is 9.08. The van der Waals surface area contributed by atoms with Gasteiger partial charge in [0.2, 0.25) is 0 Å². The zero-order valence-electron chi connectivity index (χ0n) is 10.3. The summed E-state index contributed by atoms with van der Waals surface area (Å²) in [4.78, 5) is 16.5. The number of hydrogen-bond acceptors (Lipinski definition) is 4. The molecule has 100 valence electrons. The van der Waals surface area contributed by atoms with Gasteiger partial charge in [0.25, 0.3) is 5.91 Å². The number of benzene rings is 1. The molecular formula is C13H13ClN2O2S. The maximum atomic E-state index is 11.8. The number of halogens is 1. The van der Waals surface area contributed by atoms with E-state index in [1.54, 1.807) is 13.0 Å². The van der Waals surface area contributed by atoms with Gasteiger partial charge in [0.15, 0.2) is 0 Å². The van der Waals surface area contributed by atoms with Crippen molar-refractivity contribution in [2.24, 2.45) is 0 Å². The van der Waals surface area contributed by atoms with Gasteiger partial charge in [-0.2, -0.15) is 0 Å². The van der Waals surface area contributed by atoms with Crippen LogP contribution in [0.3, 0.4) is 0 Å². The third kappa shape index (κ3) is 3.53. The minimum atomic E-state index is -0.570. The molecule has 2 rings (SSSR count). The number of aliphatic hydroxyl groups is 1. The van der Waals surface area contributed by atoms with Gasteiger partial charge in [-0.1, -0.05) is 29.8 Å². The second-order valence-corrected chi connectivity index (χ2v) is 5.51. The van der Waals surface area contributed by atoms with Crippen LogP contribution in [-0.4, -0.2) is 28.6 Å². The number of aliphatic hydroxyl groups excluding tert-OH is 1. The summed E-state index contributed by atoms with van der Waals surface area (Å²) in [5.74, 6) is -0.239. The zero-order valence-corrected chi connectivity index (χ0v) is 11.8. The van der Waals surface area contributed by atoms with Gasteiger partial charge in [0.1, 0.15) is 9.88 Å². The van der Waals surface area contributed by atoms with E-state index in [0.29, 0.717) is 14.9 Å². The van der Waals surface area contributed by atoms with Crippen LogP contribution >= 0.6 is 22.9 Å². The van der Waals surface area contributed by atoms with Crippen molar-refractivity contribution in [3.8, 4) is 10.6 Å². The van der Waals surface area contributed by atoms with E-state index in [9.17, 15) is 4.79 Å². The second kappa shape index (κ2) is 6.14. The molecule has 0 saturated heterocycles. The highest BCUT2D eigenvalue weighted by atomic mass is 35.5. The van der Waals surface area contributed by atoms with Crippen molar-refractivity contribution in [3.63, 3.8) is 0 Å². The summed E-state index contributed by atoms with van der Waals surface area (Å²) in [6.45, 7) is 1.83. The van der Waals surface area contributed by atoms with E-state index >= 15 is 0 Å². The van der Waals surface area contributed by atoms with Crippen molar-refractivity contribution >= 4 is 28.8 Å². The molecule has 6 heteroatoms. The van der Waals surface area contributed by atoms with E-state index in [1.165, 1.54) is 17.5 Å². The van der Waals surface area contributed by atoms with E-state index in [1.807, 2.05) is 18.2 Å². The van der Waals surface area contributed by atoms with Crippen molar-refractivity contribution in [2.75, 3.05) is 6.54 Å². The largest absolute Gasteiger partial charge is 0.392 e. The smallest absolute Gasteiger partial charge is 0.263 e. The first kappa shape index (κ1) is 14.0. The lowest BCUT2D eigenvalue weighted by Gasteiger charge is -2.04. The van der Waals surface area contributed by atoms with Crippen molar-refractivity contribution in [1.29, 1.82) is 0 Å². The molecule has 0 saturated carbocycles. The predicted molar refractivity (Wildman–Crippen MR) is 76.6 cm³/mol. The molecule has 1 atom stereocenters. The van der Waals surface area contributed by atoms with Gasteiger partial charge in [-0.05, 0) is 13.0 Å². The molecule has 1 aromatic carbocycles. The first-order valence-electron chi connectivity index (χ1n) is 5.75.